The number of nitrogens with one attached hydrogen (secondary N) is 1. The van der Waals surface area contributed by atoms with Gasteiger partial charge in [0.15, 0.2) is 0 Å². The molecule has 3 aliphatic heterocycles. The largest absolute Gasteiger partial charge is 0.310 e. The van der Waals surface area contributed by atoms with Gasteiger partial charge < -0.3 is 5.32 Å². The van der Waals surface area contributed by atoms with Crippen LogP contribution in [0, 0.1) is 0 Å². The second-order valence-electron chi connectivity index (χ2n) is 6.53. The Labute approximate surface area is 130 Å². The van der Waals surface area contributed by atoms with E-state index in [1.54, 1.807) is 12.1 Å². The van der Waals surface area contributed by atoms with E-state index in [9.17, 15) is 9.59 Å². The molecule has 1 aromatic rings. The van der Waals surface area contributed by atoms with Crippen LogP contribution in [0.3, 0.4) is 0 Å². The van der Waals surface area contributed by atoms with Crippen molar-refractivity contribution in [3.8, 4) is 0 Å². The van der Waals surface area contributed by atoms with Crippen LogP contribution >= 0.6 is 0 Å². The highest BCUT2D eigenvalue weighted by Gasteiger charge is 2.35. The van der Waals surface area contributed by atoms with Gasteiger partial charge in [-0.3, -0.25) is 19.4 Å². The summed E-state index contributed by atoms with van der Waals surface area (Å²) in [5, 5.41) is 3.65. The number of likely N-dealkylation sites (tertiary alicyclic amines) is 1. The summed E-state index contributed by atoms with van der Waals surface area (Å²) in [7, 11) is 0. The lowest BCUT2D eigenvalue weighted by Crippen LogP contribution is -2.41. The summed E-state index contributed by atoms with van der Waals surface area (Å²) in [6.07, 6.45) is 3.70. The number of fused-ring (bicyclic) bond motifs is 3. The lowest BCUT2D eigenvalue weighted by Gasteiger charge is -2.25. The minimum atomic E-state index is -0.143. The summed E-state index contributed by atoms with van der Waals surface area (Å²) in [6, 6.07) is 8.34. The zero-order valence-electron chi connectivity index (χ0n) is 12.6. The van der Waals surface area contributed by atoms with Crippen molar-refractivity contribution in [1.82, 2.24) is 15.1 Å². The normalized spacial score (nSPS) is 28.1. The fraction of sp³-hybridized carbons (Fsp3) is 0.529. The molecule has 0 spiro atoms. The van der Waals surface area contributed by atoms with Gasteiger partial charge in [0.05, 0.1) is 11.1 Å². The first-order chi connectivity index (χ1) is 10.7. The van der Waals surface area contributed by atoms with Crippen LogP contribution in [0.25, 0.3) is 0 Å². The SMILES string of the molecule is O=C1c2ccccc2C(=O)N1CCN1CCC2CCC(C1)N2. The van der Waals surface area contributed by atoms with Crippen LogP contribution in [0.15, 0.2) is 24.3 Å². The van der Waals surface area contributed by atoms with Crippen molar-refractivity contribution in [2.24, 2.45) is 0 Å². The Morgan fingerprint density at radius 3 is 2.36 bits per heavy atom. The van der Waals surface area contributed by atoms with Crippen LogP contribution in [0.5, 0.6) is 0 Å². The van der Waals surface area contributed by atoms with Crippen molar-refractivity contribution in [2.45, 2.75) is 31.3 Å². The van der Waals surface area contributed by atoms with Gasteiger partial charge in [0.25, 0.3) is 11.8 Å². The van der Waals surface area contributed by atoms with Crippen LogP contribution in [0.1, 0.15) is 40.0 Å². The third-order valence-corrected chi connectivity index (χ3v) is 5.13. The molecule has 4 rings (SSSR count). The summed E-state index contributed by atoms with van der Waals surface area (Å²) in [6.45, 7) is 3.34. The molecule has 0 aromatic heterocycles. The van der Waals surface area contributed by atoms with E-state index in [4.69, 9.17) is 0 Å². The maximum atomic E-state index is 12.3. The van der Waals surface area contributed by atoms with Gasteiger partial charge in [-0.2, -0.15) is 0 Å². The fourth-order valence-electron chi connectivity index (χ4n) is 3.90. The van der Waals surface area contributed by atoms with E-state index >= 15 is 0 Å². The van der Waals surface area contributed by atoms with Gasteiger partial charge in [-0.25, -0.2) is 0 Å². The second kappa shape index (κ2) is 5.48. The molecule has 2 saturated heterocycles. The van der Waals surface area contributed by atoms with Gasteiger partial charge >= 0.3 is 0 Å². The summed E-state index contributed by atoms with van der Waals surface area (Å²) < 4.78 is 0. The Morgan fingerprint density at radius 1 is 0.955 bits per heavy atom. The Balaban J connectivity index is 1.40. The molecule has 2 unspecified atom stereocenters. The van der Waals surface area contributed by atoms with E-state index in [-0.39, 0.29) is 11.8 Å². The van der Waals surface area contributed by atoms with Gasteiger partial charge in [-0.1, -0.05) is 12.1 Å². The highest BCUT2D eigenvalue weighted by molar-refractivity contribution is 6.21. The molecule has 1 N–H and O–H groups in total. The molecule has 2 fully saturated rings. The summed E-state index contributed by atoms with van der Waals surface area (Å²) >= 11 is 0. The molecule has 3 aliphatic rings. The molecule has 0 radical (unpaired) electrons. The van der Waals surface area contributed by atoms with Crippen LogP contribution < -0.4 is 5.32 Å². The molecule has 22 heavy (non-hydrogen) atoms. The van der Waals surface area contributed by atoms with Gasteiger partial charge in [0.1, 0.15) is 0 Å². The van der Waals surface area contributed by atoms with Gasteiger partial charge in [-0.05, 0) is 37.9 Å². The lowest BCUT2D eigenvalue weighted by atomic mass is 10.1. The van der Waals surface area contributed by atoms with E-state index in [1.165, 1.54) is 24.2 Å². The van der Waals surface area contributed by atoms with Gasteiger partial charge in [0.2, 0.25) is 0 Å². The van der Waals surface area contributed by atoms with Gasteiger partial charge in [-0.15, -0.1) is 0 Å². The van der Waals surface area contributed by atoms with Crippen molar-refractivity contribution in [3.05, 3.63) is 35.4 Å². The number of hydrogen-bond acceptors (Lipinski definition) is 4. The van der Waals surface area contributed by atoms with Crippen LogP contribution in [-0.2, 0) is 0 Å². The number of amides is 2. The standard InChI is InChI=1S/C17H21N3O2/c21-16-14-3-1-2-4-15(14)17(22)20(16)10-9-19-8-7-12-5-6-13(11-19)18-12/h1-4,12-13,18H,5-11H2. The first-order valence-electron chi connectivity index (χ1n) is 8.16. The zero-order chi connectivity index (χ0) is 15.1. The highest BCUT2D eigenvalue weighted by atomic mass is 16.2. The minimum absolute atomic E-state index is 0.143. The quantitative estimate of drug-likeness (QED) is 0.850. The van der Waals surface area contributed by atoms with Crippen molar-refractivity contribution >= 4 is 11.8 Å². The number of carbonyl (C=O) groups is 2. The average molecular weight is 299 g/mol. The van der Waals surface area contributed by atoms with E-state index in [0.717, 1.165) is 19.6 Å². The lowest BCUT2D eigenvalue weighted by molar-refractivity contribution is 0.0635. The number of nitrogens with zero attached hydrogens (tertiary/aromatic N) is 2. The molecule has 2 bridgehead atoms. The van der Waals surface area contributed by atoms with Crippen LogP contribution in [-0.4, -0.2) is 59.9 Å². The second-order valence-corrected chi connectivity index (χ2v) is 6.53. The Morgan fingerprint density at radius 2 is 1.64 bits per heavy atom. The highest BCUT2D eigenvalue weighted by Crippen LogP contribution is 2.23. The molecular weight excluding hydrogens is 278 g/mol. The topological polar surface area (TPSA) is 52.7 Å². The third kappa shape index (κ3) is 2.34. The molecule has 3 heterocycles. The Bertz CT molecular complexity index is 581. The molecule has 1 aromatic carbocycles. The molecule has 2 atom stereocenters. The molecule has 116 valence electrons. The van der Waals surface area contributed by atoms with Crippen molar-refractivity contribution in [1.29, 1.82) is 0 Å². The molecule has 5 nitrogen and oxygen atoms in total. The number of rotatable bonds is 3. The van der Waals surface area contributed by atoms with E-state index < -0.39 is 0 Å². The number of hydrogen-bond donors (Lipinski definition) is 1. The van der Waals surface area contributed by atoms with Crippen molar-refractivity contribution in [2.75, 3.05) is 26.2 Å². The zero-order valence-corrected chi connectivity index (χ0v) is 12.6. The van der Waals surface area contributed by atoms with E-state index in [0.29, 0.717) is 29.8 Å². The van der Waals surface area contributed by atoms with Gasteiger partial charge in [0, 0.05) is 31.7 Å². The maximum absolute atomic E-state index is 12.3. The van der Waals surface area contributed by atoms with E-state index in [1.807, 2.05) is 12.1 Å². The maximum Gasteiger partial charge on any atom is 0.261 e. The average Bonchev–Trinajstić information content (AvgIpc) is 2.98. The number of carbonyl (C=O) groups excluding carboxylic acids is 2. The predicted molar refractivity (Wildman–Crippen MR) is 82.8 cm³/mol. The monoisotopic (exact) mass is 299 g/mol. The van der Waals surface area contributed by atoms with Crippen LogP contribution in [0.4, 0.5) is 0 Å². The molecule has 2 amide bonds. The summed E-state index contributed by atoms with van der Waals surface area (Å²) in [4.78, 5) is 28.5. The Kier molecular flexibility index (Phi) is 3.47. The first-order valence-corrected chi connectivity index (χ1v) is 8.16. The van der Waals surface area contributed by atoms with Crippen molar-refractivity contribution < 1.29 is 9.59 Å². The predicted octanol–water partition coefficient (Wildman–Crippen LogP) is 1.11. The summed E-state index contributed by atoms with van der Waals surface area (Å²) in [5.74, 6) is -0.287. The first kappa shape index (κ1) is 13.9. The molecule has 5 heteroatoms. The summed E-state index contributed by atoms with van der Waals surface area (Å²) in [5.41, 5.74) is 1.09. The number of benzene rings is 1. The fourth-order valence-corrected chi connectivity index (χ4v) is 3.90. The van der Waals surface area contributed by atoms with Crippen LogP contribution in [0.2, 0.25) is 0 Å². The van der Waals surface area contributed by atoms with Crippen molar-refractivity contribution in [3.63, 3.8) is 0 Å². The Hall–Kier alpha value is -1.72. The smallest absolute Gasteiger partial charge is 0.261 e. The minimum Gasteiger partial charge on any atom is -0.310 e. The molecular formula is C17H21N3O2. The number of imide groups is 1. The molecule has 0 saturated carbocycles. The third-order valence-electron chi connectivity index (χ3n) is 5.13. The molecule has 0 aliphatic carbocycles. The van der Waals surface area contributed by atoms with E-state index in [2.05, 4.69) is 10.2 Å².